The van der Waals surface area contributed by atoms with Gasteiger partial charge in [0.15, 0.2) is 0 Å². The van der Waals surface area contributed by atoms with Gasteiger partial charge in [0.25, 0.3) is 5.56 Å². The summed E-state index contributed by atoms with van der Waals surface area (Å²) in [6.45, 7) is 5.56. The van der Waals surface area contributed by atoms with E-state index in [9.17, 15) is 9.59 Å². The maximum absolute atomic E-state index is 11.9. The Morgan fingerprint density at radius 1 is 1.50 bits per heavy atom. The minimum Gasteiger partial charge on any atom is -0.373 e. The number of aromatic nitrogens is 2. The Kier molecular flexibility index (Phi) is 4.79. The molecule has 1 aliphatic rings. The van der Waals surface area contributed by atoms with Crippen LogP contribution in [0.4, 0.5) is 5.69 Å². The summed E-state index contributed by atoms with van der Waals surface area (Å²) in [5.41, 5.74) is -0.0188. The van der Waals surface area contributed by atoms with Crippen molar-refractivity contribution in [2.75, 3.05) is 25.0 Å². The van der Waals surface area contributed by atoms with Gasteiger partial charge in [0.2, 0.25) is 5.91 Å². The molecule has 0 aromatic carbocycles. The lowest BCUT2D eigenvalue weighted by Gasteiger charge is -2.16. The Morgan fingerprint density at radius 3 is 2.85 bits per heavy atom. The average molecular weight is 297 g/mol. The molecule has 0 aliphatic carbocycles. The lowest BCUT2D eigenvalue weighted by Crippen LogP contribution is -2.33. The minimum atomic E-state index is -0.398. The monoisotopic (exact) mass is 296 g/mol. The Labute approximate surface area is 122 Å². The molecule has 0 radical (unpaired) electrons. The maximum Gasteiger partial charge on any atom is 0.287 e. The van der Waals surface area contributed by atoms with Crippen molar-refractivity contribution < 1.29 is 4.79 Å². The third-order valence-corrected chi connectivity index (χ3v) is 3.54. The second-order valence-electron chi connectivity index (χ2n) is 4.59. The number of allylic oxidation sites excluding steroid dienone is 1. The first-order valence-corrected chi connectivity index (χ1v) is 6.89. The molecule has 2 rings (SSSR count). The molecule has 2 heterocycles. The van der Waals surface area contributed by atoms with Crippen molar-refractivity contribution in [2.24, 2.45) is 0 Å². The highest BCUT2D eigenvalue weighted by Crippen LogP contribution is 2.15. The largest absolute Gasteiger partial charge is 0.373 e. The number of amides is 1. The smallest absolute Gasteiger partial charge is 0.287 e. The van der Waals surface area contributed by atoms with Crippen LogP contribution in [0.15, 0.2) is 23.6 Å². The van der Waals surface area contributed by atoms with Crippen LogP contribution in [0.1, 0.15) is 12.8 Å². The highest BCUT2D eigenvalue weighted by molar-refractivity contribution is 6.33. The van der Waals surface area contributed by atoms with E-state index in [0.29, 0.717) is 12.2 Å². The summed E-state index contributed by atoms with van der Waals surface area (Å²) in [7, 11) is 0. The molecule has 1 aliphatic heterocycles. The van der Waals surface area contributed by atoms with E-state index < -0.39 is 5.56 Å². The molecule has 20 heavy (non-hydrogen) atoms. The molecule has 108 valence electrons. The van der Waals surface area contributed by atoms with Crippen LogP contribution in [0.5, 0.6) is 0 Å². The van der Waals surface area contributed by atoms with E-state index in [1.807, 2.05) is 0 Å². The van der Waals surface area contributed by atoms with Gasteiger partial charge in [-0.1, -0.05) is 17.7 Å². The normalized spacial score (nSPS) is 14.3. The highest BCUT2D eigenvalue weighted by Gasteiger charge is 2.18. The average Bonchev–Trinajstić information content (AvgIpc) is 2.97. The molecule has 1 fully saturated rings. The molecule has 1 amide bonds. The third kappa shape index (κ3) is 3.19. The first kappa shape index (κ1) is 14.6. The van der Waals surface area contributed by atoms with E-state index in [1.54, 1.807) is 11.0 Å². The third-order valence-electron chi connectivity index (χ3n) is 3.18. The van der Waals surface area contributed by atoms with E-state index in [-0.39, 0.29) is 17.5 Å². The van der Waals surface area contributed by atoms with E-state index >= 15 is 0 Å². The van der Waals surface area contributed by atoms with Gasteiger partial charge in [-0.2, -0.15) is 5.10 Å². The highest BCUT2D eigenvalue weighted by atomic mass is 35.5. The number of nitrogens with one attached hydrogen (secondary N) is 1. The second kappa shape index (κ2) is 6.56. The van der Waals surface area contributed by atoms with E-state index in [4.69, 9.17) is 11.6 Å². The minimum absolute atomic E-state index is 0.00818. The fourth-order valence-electron chi connectivity index (χ4n) is 2.09. The van der Waals surface area contributed by atoms with E-state index in [1.165, 1.54) is 10.9 Å². The van der Waals surface area contributed by atoms with Gasteiger partial charge in [-0.15, -0.1) is 6.58 Å². The molecule has 1 aromatic heterocycles. The Balaban J connectivity index is 2.02. The number of nitrogens with zero attached hydrogens (tertiary/aromatic N) is 3. The molecular formula is C13H17ClN4O2. The number of hydrogen-bond acceptors (Lipinski definition) is 4. The Bertz CT molecular complexity index is 564. The van der Waals surface area contributed by atoms with Crippen LogP contribution in [-0.2, 0) is 11.3 Å². The molecule has 6 nitrogen and oxygen atoms in total. The summed E-state index contributed by atoms with van der Waals surface area (Å²) in [5, 5.41) is 6.88. The van der Waals surface area contributed by atoms with Gasteiger partial charge in [0.1, 0.15) is 5.02 Å². The summed E-state index contributed by atoms with van der Waals surface area (Å²) < 4.78 is 1.21. The summed E-state index contributed by atoms with van der Waals surface area (Å²) in [6.07, 6.45) is 5.11. The number of halogens is 1. The van der Waals surface area contributed by atoms with Crippen LogP contribution in [-0.4, -0.2) is 40.2 Å². The number of carbonyl (C=O) groups is 1. The summed E-state index contributed by atoms with van der Waals surface area (Å²) >= 11 is 5.98. The molecule has 0 spiro atoms. The van der Waals surface area contributed by atoms with Gasteiger partial charge < -0.3 is 10.2 Å². The number of likely N-dealkylation sites (tertiary alicyclic amines) is 1. The zero-order valence-electron chi connectivity index (χ0n) is 11.1. The molecule has 0 unspecified atom stereocenters. The van der Waals surface area contributed by atoms with Crippen LogP contribution in [0.3, 0.4) is 0 Å². The van der Waals surface area contributed by atoms with Gasteiger partial charge in [0.05, 0.1) is 25.0 Å². The molecule has 1 N–H and O–H groups in total. The van der Waals surface area contributed by atoms with Gasteiger partial charge in [-0.3, -0.25) is 9.59 Å². The topological polar surface area (TPSA) is 67.2 Å². The molecule has 1 saturated heterocycles. The van der Waals surface area contributed by atoms with E-state index in [0.717, 1.165) is 25.9 Å². The number of hydrogen-bond donors (Lipinski definition) is 1. The van der Waals surface area contributed by atoms with E-state index in [2.05, 4.69) is 17.0 Å². The predicted octanol–water partition coefficient (Wildman–Crippen LogP) is 1.12. The number of carbonyl (C=O) groups excluding carboxylic acids is 1. The van der Waals surface area contributed by atoms with Crippen LogP contribution >= 0.6 is 11.6 Å². The van der Waals surface area contributed by atoms with Crippen molar-refractivity contribution in [3.05, 3.63) is 34.2 Å². The Morgan fingerprint density at radius 2 is 2.20 bits per heavy atom. The quantitative estimate of drug-likeness (QED) is 0.827. The summed E-state index contributed by atoms with van der Waals surface area (Å²) in [4.78, 5) is 25.6. The van der Waals surface area contributed by atoms with Gasteiger partial charge >= 0.3 is 0 Å². The fourth-order valence-corrected chi connectivity index (χ4v) is 2.30. The summed E-state index contributed by atoms with van der Waals surface area (Å²) in [5.74, 6) is 0.00818. The molecule has 0 bridgehead atoms. The molecular weight excluding hydrogens is 280 g/mol. The van der Waals surface area contributed by atoms with Crippen molar-refractivity contribution in [2.45, 2.75) is 19.4 Å². The molecule has 0 atom stereocenters. The SMILES string of the molecule is C=CCn1ncc(NCC(=O)N2CCCC2)c(Cl)c1=O. The Hall–Kier alpha value is -1.82. The van der Waals surface area contributed by atoms with Crippen LogP contribution in [0, 0.1) is 0 Å². The van der Waals surface area contributed by atoms with Gasteiger partial charge in [-0.25, -0.2) is 4.68 Å². The fraction of sp³-hybridized carbons (Fsp3) is 0.462. The van der Waals surface area contributed by atoms with Crippen molar-refractivity contribution in [3.8, 4) is 0 Å². The maximum atomic E-state index is 11.9. The molecule has 7 heteroatoms. The van der Waals surface area contributed by atoms with Crippen LogP contribution in [0.2, 0.25) is 5.02 Å². The van der Waals surface area contributed by atoms with Crippen molar-refractivity contribution >= 4 is 23.2 Å². The van der Waals surface area contributed by atoms with Gasteiger partial charge in [0, 0.05) is 13.1 Å². The van der Waals surface area contributed by atoms with Gasteiger partial charge in [-0.05, 0) is 12.8 Å². The lowest BCUT2D eigenvalue weighted by atomic mass is 10.4. The van der Waals surface area contributed by atoms with Crippen molar-refractivity contribution in [3.63, 3.8) is 0 Å². The first-order valence-electron chi connectivity index (χ1n) is 6.51. The predicted molar refractivity (Wildman–Crippen MR) is 78.0 cm³/mol. The zero-order chi connectivity index (χ0) is 14.5. The lowest BCUT2D eigenvalue weighted by molar-refractivity contribution is -0.128. The van der Waals surface area contributed by atoms with Crippen molar-refractivity contribution in [1.29, 1.82) is 0 Å². The van der Waals surface area contributed by atoms with Crippen LogP contribution < -0.4 is 10.9 Å². The molecule has 0 saturated carbocycles. The number of anilines is 1. The first-order chi connectivity index (χ1) is 9.63. The van der Waals surface area contributed by atoms with Crippen molar-refractivity contribution in [1.82, 2.24) is 14.7 Å². The summed E-state index contributed by atoms with van der Waals surface area (Å²) in [6, 6.07) is 0. The zero-order valence-corrected chi connectivity index (χ0v) is 11.9. The molecule has 1 aromatic rings. The second-order valence-corrected chi connectivity index (χ2v) is 4.97. The number of rotatable bonds is 5. The van der Waals surface area contributed by atoms with Crippen LogP contribution in [0.25, 0.3) is 0 Å². The standard InChI is InChI=1S/C13H17ClN4O2/c1-2-5-18-13(20)12(14)10(8-16-18)15-9-11(19)17-6-3-4-7-17/h2,8,15H,1,3-7,9H2.